The fourth-order valence-electron chi connectivity index (χ4n) is 2.31. The number of likely N-dealkylation sites (N-methyl/N-ethyl adjacent to an activating group) is 1. The molecule has 6 nitrogen and oxygen atoms in total. The Hall–Kier alpha value is -2.44. The van der Waals surface area contributed by atoms with Crippen molar-refractivity contribution in [2.75, 3.05) is 41.5 Å². The van der Waals surface area contributed by atoms with Crippen LogP contribution in [0.1, 0.15) is 17.3 Å². The summed E-state index contributed by atoms with van der Waals surface area (Å²) in [6.07, 6.45) is 0. The normalized spacial score (nSPS) is 10.1. The summed E-state index contributed by atoms with van der Waals surface area (Å²) >= 11 is 0. The summed E-state index contributed by atoms with van der Waals surface area (Å²) in [5.41, 5.74) is 1.52. The SMILES string of the molecule is COc1ccc(C(=O)NCc2ccc(OCCN(C)C)cc2)cc1OC.[Cl-].[H+]. The Labute approximate surface area is 168 Å². The number of nitrogens with zero attached hydrogens (tertiary/aromatic N) is 1. The van der Waals surface area contributed by atoms with Gasteiger partial charge in [-0.15, -0.1) is 0 Å². The molecule has 0 bridgehead atoms. The van der Waals surface area contributed by atoms with E-state index in [0.29, 0.717) is 30.2 Å². The molecule has 0 atom stereocenters. The number of amides is 1. The maximum Gasteiger partial charge on any atom is 1.00 e. The molecule has 1 N–H and O–H groups in total. The van der Waals surface area contributed by atoms with Gasteiger partial charge in [0.2, 0.25) is 0 Å². The van der Waals surface area contributed by atoms with Gasteiger partial charge in [-0.05, 0) is 50.0 Å². The van der Waals surface area contributed by atoms with Gasteiger partial charge in [-0.1, -0.05) is 12.1 Å². The number of nitrogens with one attached hydrogen (secondary N) is 1. The smallest absolute Gasteiger partial charge is 1.00 e. The second kappa shape index (κ2) is 11.3. The first-order chi connectivity index (χ1) is 12.5. The van der Waals surface area contributed by atoms with Crippen LogP contribution in [0.25, 0.3) is 0 Å². The number of carbonyl (C=O) groups excluding carboxylic acids is 1. The fraction of sp³-hybridized carbons (Fsp3) is 0.350. The van der Waals surface area contributed by atoms with Crippen molar-refractivity contribution in [3.63, 3.8) is 0 Å². The molecule has 0 spiro atoms. The lowest BCUT2D eigenvalue weighted by Gasteiger charge is -2.12. The van der Waals surface area contributed by atoms with Crippen LogP contribution in [0.5, 0.6) is 17.2 Å². The Morgan fingerprint density at radius 1 is 1.04 bits per heavy atom. The molecule has 0 aliphatic heterocycles. The number of benzene rings is 2. The molecule has 27 heavy (non-hydrogen) atoms. The van der Waals surface area contributed by atoms with Gasteiger partial charge in [0.25, 0.3) is 5.91 Å². The van der Waals surface area contributed by atoms with E-state index in [1.54, 1.807) is 32.4 Å². The van der Waals surface area contributed by atoms with Crippen molar-refractivity contribution >= 4 is 5.91 Å². The lowest BCUT2D eigenvalue weighted by Crippen LogP contribution is -3.00. The topological polar surface area (TPSA) is 60.0 Å². The summed E-state index contributed by atoms with van der Waals surface area (Å²) in [4.78, 5) is 14.4. The minimum atomic E-state index is -0.169. The number of rotatable bonds is 9. The summed E-state index contributed by atoms with van der Waals surface area (Å²) in [6.45, 7) is 1.94. The molecule has 0 aliphatic rings. The molecule has 7 heteroatoms. The molecule has 148 valence electrons. The second-order valence-corrected chi connectivity index (χ2v) is 6.05. The molecule has 1 amide bonds. The molecule has 0 aromatic heterocycles. The first kappa shape index (κ1) is 22.6. The third-order valence-corrected chi connectivity index (χ3v) is 3.83. The minimum Gasteiger partial charge on any atom is -1.00 e. The minimum absolute atomic E-state index is 0. The van der Waals surface area contributed by atoms with Crippen LogP contribution in [-0.2, 0) is 6.54 Å². The molecule has 2 aromatic carbocycles. The summed E-state index contributed by atoms with van der Waals surface area (Å²) in [6, 6.07) is 12.8. The van der Waals surface area contributed by atoms with Crippen molar-refractivity contribution in [1.29, 1.82) is 0 Å². The molecule has 2 rings (SSSR count). The number of carbonyl (C=O) groups is 1. The molecule has 2 aromatic rings. The van der Waals surface area contributed by atoms with Crippen molar-refractivity contribution in [3.8, 4) is 17.2 Å². The average Bonchev–Trinajstić information content (AvgIpc) is 2.66. The van der Waals surface area contributed by atoms with Gasteiger partial charge in [0.1, 0.15) is 12.4 Å². The zero-order valence-electron chi connectivity index (χ0n) is 17.1. The first-order valence-electron chi connectivity index (χ1n) is 8.40. The second-order valence-electron chi connectivity index (χ2n) is 6.05. The molecule has 0 saturated heterocycles. The molecule has 0 unspecified atom stereocenters. The van der Waals surface area contributed by atoms with E-state index in [-0.39, 0.29) is 19.7 Å². The van der Waals surface area contributed by atoms with Crippen molar-refractivity contribution in [2.45, 2.75) is 6.54 Å². The molecule has 0 radical (unpaired) electrons. The summed E-state index contributed by atoms with van der Waals surface area (Å²) in [5.74, 6) is 1.77. The van der Waals surface area contributed by atoms with E-state index in [2.05, 4.69) is 10.2 Å². The van der Waals surface area contributed by atoms with Gasteiger partial charge in [0.15, 0.2) is 11.5 Å². The maximum absolute atomic E-state index is 12.3. The summed E-state index contributed by atoms with van der Waals surface area (Å²) < 4.78 is 16.1. The Balaban J connectivity index is 0.00000364. The fourth-order valence-corrected chi connectivity index (χ4v) is 2.31. The van der Waals surface area contributed by atoms with Crippen molar-refractivity contribution < 1.29 is 32.8 Å². The van der Waals surface area contributed by atoms with Gasteiger partial charge >= 0.3 is 1.43 Å². The van der Waals surface area contributed by atoms with Gasteiger partial charge in [0, 0.05) is 18.7 Å². The molecular formula is C20H27ClN2O4. The average molecular weight is 395 g/mol. The molecule has 0 aliphatic carbocycles. The Morgan fingerprint density at radius 2 is 1.70 bits per heavy atom. The van der Waals surface area contributed by atoms with Crippen LogP contribution in [0.3, 0.4) is 0 Å². The van der Waals surface area contributed by atoms with E-state index in [0.717, 1.165) is 17.9 Å². The predicted molar refractivity (Wildman–Crippen MR) is 102 cm³/mol. The number of ether oxygens (including phenoxy) is 3. The highest BCUT2D eigenvalue weighted by Gasteiger charge is 2.10. The van der Waals surface area contributed by atoms with Gasteiger partial charge in [-0.3, -0.25) is 4.79 Å². The van der Waals surface area contributed by atoms with Crippen LogP contribution >= 0.6 is 0 Å². The predicted octanol–water partition coefficient (Wildman–Crippen LogP) is -0.309. The van der Waals surface area contributed by atoms with Gasteiger partial charge in [0.05, 0.1) is 14.2 Å². The number of hydrogen-bond donors (Lipinski definition) is 1. The van der Waals surface area contributed by atoms with E-state index >= 15 is 0 Å². The highest BCUT2D eigenvalue weighted by molar-refractivity contribution is 5.94. The maximum atomic E-state index is 12.3. The number of methoxy groups -OCH3 is 2. The van der Waals surface area contributed by atoms with Crippen LogP contribution in [-0.4, -0.2) is 52.3 Å². The highest BCUT2D eigenvalue weighted by atomic mass is 35.5. The third kappa shape index (κ3) is 7.00. The Morgan fingerprint density at radius 3 is 2.30 bits per heavy atom. The number of hydrogen-bond acceptors (Lipinski definition) is 5. The van der Waals surface area contributed by atoms with E-state index in [4.69, 9.17) is 14.2 Å². The van der Waals surface area contributed by atoms with E-state index < -0.39 is 0 Å². The van der Waals surface area contributed by atoms with Crippen molar-refractivity contribution in [2.24, 2.45) is 0 Å². The van der Waals surface area contributed by atoms with Crippen molar-refractivity contribution in [1.82, 2.24) is 10.2 Å². The van der Waals surface area contributed by atoms with Crippen LogP contribution in [0, 0.1) is 0 Å². The monoisotopic (exact) mass is 394 g/mol. The lowest BCUT2D eigenvalue weighted by atomic mass is 10.1. The molecule has 0 saturated carbocycles. The Kier molecular flexibility index (Phi) is 9.47. The Bertz CT molecular complexity index is 727. The van der Waals surface area contributed by atoms with Crippen LogP contribution < -0.4 is 31.9 Å². The molecule has 0 fully saturated rings. The summed E-state index contributed by atoms with van der Waals surface area (Å²) in [7, 11) is 7.12. The van der Waals surface area contributed by atoms with Gasteiger partial charge in [-0.25, -0.2) is 0 Å². The van der Waals surface area contributed by atoms with E-state index in [9.17, 15) is 4.79 Å². The number of halogens is 1. The first-order valence-corrected chi connectivity index (χ1v) is 8.40. The van der Waals surface area contributed by atoms with Crippen molar-refractivity contribution in [3.05, 3.63) is 53.6 Å². The molecular weight excluding hydrogens is 368 g/mol. The largest absolute Gasteiger partial charge is 1.00 e. The van der Waals surface area contributed by atoms with Crippen LogP contribution in [0.4, 0.5) is 0 Å². The van der Waals surface area contributed by atoms with Gasteiger partial charge < -0.3 is 36.8 Å². The van der Waals surface area contributed by atoms with Gasteiger partial charge in [-0.2, -0.15) is 0 Å². The van der Waals surface area contributed by atoms with Crippen LogP contribution in [0.15, 0.2) is 42.5 Å². The molecule has 0 heterocycles. The quantitative estimate of drug-likeness (QED) is 0.632. The third-order valence-electron chi connectivity index (χ3n) is 3.83. The van der Waals surface area contributed by atoms with E-state index in [1.807, 2.05) is 38.4 Å². The highest BCUT2D eigenvalue weighted by Crippen LogP contribution is 2.27. The zero-order chi connectivity index (χ0) is 18.9. The zero-order valence-corrected chi connectivity index (χ0v) is 16.9. The lowest BCUT2D eigenvalue weighted by molar-refractivity contribution is -0.0000147. The standard InChI is InChI=1S/C20H26N2O4.ClH/c1-22(2)11-12-26-17-8-5-15(6-9-17)14-21-20(23)16-7-10-18(24-3)19(13-16)25-4;/h5-10,13H,11-12,14H2,1-4H3,(H,21,23);1H. The van der Waals surface area contributed by atoms with Crippen LogP contribution in [0.2, 0.25) is 0 Å². The summed E-state index contributed by atoms with van der Waals surface area (Å²) in [5, 5.41) is 2.90. The van der Waals surface area contributed by atoms with E-state index in [1.165, 1.54) is 0 Å².